The lowest BCUT2D eigenvalue weighted by molar-refractivity contribution is 0.102. The van der Waals surface area contributed by atoms with E-state index in [1.165, 1.54) is 31.4 Å². The van der Waals surface area contributed by atoms with E-state index >= 15 is 0 Å². The highest BCUT2D eigenvalue weighted by Crippen LogP contribution is 2.42. The largest absolute Gasteiger partial charge is 0.347 e. The molecule has 0 amide bonds. The van der Waals surface area contributed by atoms with Crippen molar-refractivity contribution in [1.29, 1.82) is 0 Å². The lowest BCUT2D eigenvalue weighted by atomic mass is 10.1. The number of nitrogens with zero attached hydrogens (tertiary/aromatic N) is 1. The van der Waals surface area contributed by atoms with Gasteiger partial charge in [0.25, 0.3) is 0 Å². The summed E-state index contributed by atoms with van der Waals surface area (Å²) in [5.74, 6) is 0.100. The van der Waals surface area contributed by atoms with Crippen LogP contribution in [0.4, 0.5) is 0 Å². The number of thioether (sulfide) groups is 1. The van der Waals surface area contributed by atoms with E-state index in [1.807, 2.05) is 24.8 Å². The monoisotopic (exact) mass is 299 g/mol. The van der Waals surface area contributed by atoms with Crippen molar-refractivity contribution in [3.8, 4) is 0 Å². The number of halogens is 1. The summed E-state index contributed by atoms with van der Waals surface area (Å²) in [6.07, 6.45) is 7.43. The van der Waals surface area contributed by atoms with Gasteiger partial charge in [0.1, 0.15) is 0 Å². The van der Waals surface area contributed by atoms with Crippen molar-refractivity contribution in [2.75, 3.05) is 12.1 Å². The molecule has 4 heteroatoms. The minimum absolute atomic E-state index is 0.0330. The second-order valence-corrected chi connectivity index (χ2v) is 7.06. The topological polar surface area (TPSA) is 22.0 Å². The molecule has 1 heterocycles. The maximum absolute atomic E-state index is 11.8. The fourth-order valence-corrected chi connectivity index (χ4v) is 4.23. The van der Waals surface area contributed by atoms with Gasteiger partial charge in [-0.05, 0) is 39.0 Å². The molecule has 1 aliphatic carbocycles. The first-order chi connectivity index (χ1) is 9.03. The highest BCUT2D eigenvalue weighted by atomic mass is 35.5. The first kappa shape index (κ1) is 15.0. The van der Waals surface area contributed by atoms with E-state index in [-0.39, 0.29) is 11.7 Å². The van der Waals surface area contributed by atoms with Crippen molar-refractivity contribution >= 4 is 29.1 Å². The molecule has 0 saturated heterocycles. The molecule has 0 radical (unpaired) electrons. The van der Waals surface area contributed by atoms with E-state index in [9.17, 15) is 4.79 Å². The quantitative estimate of drug-likeness (QED) is 0.600. The van der Waals surface area contributed by atoms with Crippen LogP contribution in [0.3, 0.4) is 0 Å². The predicted molar refractivity (Wildman–Crippen MR) is 83.7 cm³/mol. The summed E-state index contributed by atoms with van der Waals surface area (Å²) in [7, 11) is 0. The number of hydrogen-bond acceptors (Lipinski definition) is 2. The molecule has 0 bridgehead atoms. The van der Waals surface area contributed by atoms with Crippen LogP contribution in [0.2, 0.25) is 0 Å². The molecule has 1 fully saturated rings. The lowest BCUT2D eigenvalue weighted by Crippen LogP contribution is -2.28. The Morgan fingerprint density at radius 1 is 1.42 bits per heavy atom. The average Bonchev–Trinajstić information content (AvgIpc) is 2.99. The minimum Gasteiger partial charge on any atom is -0.347 e. The van der Waals surface area contributed by atoms with Gasteiger partial charge in [-0.25, -0.2) is 0 Å². The van der Waals surface area contributed by atoms with Crippen molar-refractivity contribution in [3.05, 3.63) is 23.0 Å². The maximum atomic E-state index is 11.8. The van der Waals surface area contributed by atoms with Crippen LogP contribution in [0.15, 0.2) is 6.07 Å². The molecule has 0 aromatic carbocycles. The molecule has 0 unspecified atom stereocenters. The van der Waals surface area contributed by atoms with E-state index in [2.05, 4.69) is 17.7 Å². The zero-order valence-electron chi connectivity index (χ0n) is 12.0. The average molecular weight is 300 g/mol. The number of rotatable bonds is 5. The summed E-state index contributed by atoms with van der Waals surface area (Å²) in [6, 6.07) is 1.99. The van der Waals surface area contributed by atoms with Gasteiger partial charge in [0.2, 0.25) is 0 Å². The molecule has 2 nitrogen and oxygen atoms in total. The second-order valence-electron chi connectivity index (χ2n) is 5.52. The summed E-state index contributed by atoms with van der Waals surface area (Å²) in [5, 5.41) is 0. The SMILES string of the molecule is CSC1(Cn2c(C)cc(C(=O)CCl)c2C)CCCC1. The van der Waals surface area contributed by atoms with Crippen molar-refractivity contribution in [3.63, 3.8) is 0 Å². The van der Waals surface area contributed by atoms with Crippen molar-refractivity contribution in [2.24, 2.45) is 0 Å². The first-order valence-electron chi connectivity index (χ1n) is 6.84. The van der Waals surface area contributed by atoms with Gasteiger partial charge >= 0.3 is 0 Å². The summed E-state index contributed by atoms with van der Waals surface area (Å²) in [4.78, 5) is 11.8. The van der Waals surface area contributed by atoms with Gasteiger partial charge < -0.3 is 4.57 Å². The van der Waals surface area contributed by atoms with Crippen LogP contribution in [-0.4, -0.2) is 27.2 Å². The Balaban J connectivity index is 2.30. The highest BCUT2D eigenvalue weighted by molar-refractivity contribution is 8.00. The summed E-state index contributed by atoms with van der Waals surface area (Å²) < 4.78 is 2.66. The van der Waals surface area contributed by atoms with Crippen LogP contribution in [0, 0.1) is 13.8 Å². The van der Waals surface area contributed by atoms with Gasteiger partial charge in [0.15, 0.2) is 5.78 Å². The molecule has 1 aliphatic rings. The molecular formula is C15H22ClNOS. The molecule has 106 valence electrons. The Kier molecular flexibility index (Phi) is 4.67. The zero-order valence-corrected chi connectivity index (χ0v) is 13.5. The lowest BCUT2D eigenvalue weighted by Gasteiger charge is -2.29. The molecule has 0 N–H and O–H groups in total. The Morgan fingerprint density at radius 3 is 2.58 bits per heavy atom. The molecule has 0 aliphatic heterocycles. The van der Waals surface area contributed by atoms with Gasteiger partial charge in [0.05, 0.1) is 5.88 Å². The van der Waals surface area contributed by atoms with Crippen LogP contribution < -0.4 is 0 Å². The third-order valence-corrected chi connectivity index (χ3v) is 6.04. The summed E-state index contributed by atoms with van der Waals surface area (Å²) in [6.45, 7) is 5.14. The zero-order chi connectivity index (χ0) is 14.0. The van der Waals surface area contributed by atoms with Gasteiger partial charge in [0, 0.05) is 28.2 Å². The number of alkyl halides is 1. The Bertz CT molecular complexity index is 475. The van der Waals surface area contributed by atoms with Gasteiger partial charge in [-0.15, -0.1) is 11.6 Å². The number of carbonyl (C=O) groups excluding carboxylic acids is 1. The van der Waals surface area contributed by atoms with Gasteiger partial charge in [-0.2, -0.15) is 11.8 Å². The van der Waals surface area contributed by atoms with Crippen LogP contribution in [-0.2, 0) is 6.54 Å². The molecule has 1 aromatic rings. The van der Waals surface area contributed by atoms with Crippen LogP contribution >= 0.6 is 23.4 Å². The number of ketones is 1. The normalized spacial score (nSPS) is 17.9. The molecule has 2 rings (SSSR count). The van der Waals surface area contributed by atoms with E-state index in [4.69, 9.17) is 11.6 Å². The number of aromatic nitrogens is 1. The summed E-state index contributed by atoms with van der Waals surface area (Å²) in [5.41, 5.74) is 3.04. The smallest absolute Gasteiger partial charge is 0.179 e. The Labute approximate surface area is 124 Å². The molecule has 1 saturated carbocycles. The molecular weight excluding hydrogens is 278 g/mol. The minimum atomic E-state index is 0.0330. The Hall–Kier alpha value is -0.410. The first-order valence-corrected chi connectivity index (χ1v) is 8.60. The molecule has 19 heavy (non-hydrogen) atoms. The second kappa shape index (κ2) is 5.92. The predicted octanol–water partition coefficient (Wildman–Crippen LogP) is 4.20. The van der Waals surface area contributed by atoms with Gasteiger partial charge in [-0.3, -0.25) is 4.79 Å². The third kappa shape index (κ3) is 2.87. The summed E-state index contributed by atoms with van der Waals surface area (Å²) >= 11 is 7.67. The van der Waals surface area contributed by atoms with Crippen molar-refractivity contribution in [2.45, 2.75) is 50.8 Å². The van der Waals surface area contributed by atoms with Crippen LogP contribution in [0.5, 0.6) is 0 Å². The van der Waals surface area contributed by atoms with E-state index in [1.54, 1.807) is 0 Å². The standard InChI is InChI=1S/C15H22ClNOS/c1-11-8-13(14(18)9-16)12(2)17(11)10-15(19-3)6-4-5-7-15/h8H,4-7,9-10H2,1-3H3. The number of carbonyl (C=O) groups is 1. The van der Waals surface area contributed by atoms with E-state index in [0.717, 1.165) is 17.8 Å². The number of Topliss-reactive ketones (excluding diaryl/α,β-unsaturated/α-hetero) is 1. The molecule has 1 aromatic heterocycles. The maximum Gasteiger partial charge on any atom is 0.179 e. The third-order valence-electron chi connectivity index (χ3n) is 4.39. The number of hydrogen-bond donors (Lipinski definition) is 0. The van der Waals surface area contributed by atoms with Crippen molar-refractivity contribution < 1.29 is 4.79 Å². The van der Waals surface area contributed by atoms with E-state index < -0.39 is 0 Å². The van der Waals surface area contributed by atoms with E-state index in [0.29, 0.717) is 4.75 Å². The van der Waals surface area contributed by atoms with Crippen LogP contribution in [0.25, 0.3) is 0 Å². The fourth-order valence-electron chi connectivity index (χ4n) is 3.13. The fraction of sp³-hybridized carbons (Fsp3) is 0.667. The Morgan fingerprint density at radius 2 is 2.05 bits per heavy atom. The van der Waals surface area contributed by atoms with Gasteiger partial charge in [-0.1, -0.05) is 12.8 Å². The highest BCUT2D eigenvalue weighted by Gasteiger charge is 2.34. The number of aryl methyl sites for hydroxylation is 1. The molecule has 0 spiro atoms. The molecule has 0 atom stereocenters. The van der Waals surface area contributed by atoms with Crippen molar-refractivity contribution in [1.82, 2.24) is 4.57 Å². The van der Waals surface area contributed by atoms with Crippen LogP contribution in [0.1, 0.15) is 47.4 Å².